The van der Waals surface area contributed by atoms with Crippen LogP contribution in [0.5, 0.6) is 11.5 Å². The molecule has 0 saturated heterocycles. The molecule has 7 nitrogen and oxygen atoms in total. The Morgan fingerprint density at radius 1 is 1.22 bits per heavy atom. The van der Waals surface area contributed by atoms with Gasteiger partial charge in [0.05, 0.1) is 6.61 Å². The van der Waals surface area contributed by atoms with Crippen molar-refractivity contribution in [1.82, 2.24) is 4.98 Å². The van der Waals surface area contributed by atoms with E-state index in [1.54, 1.807) is 18.5 Å². The summed E-state index contributed by atoms with van der Waals surface area (Å²) in [5.74, 6) is 1.49. The minimum absolute atomic E-state index is 0.0974. The average molecular weight is 431 g/mol. The second-order valence-corrected chi connectivity index (χ2v) is 7.80. The number of nitrogens with zero attached hydrogens (tertiary/aromatic N) is 3. The summed E-state index contributed by atoms with van der Waals surface area (Å²) in [6, 6.07) is 10.4. The van der Waals surface area contributed by atoms with E-state index in [0.29, 0.717) is 30.6 Å². The molecule has 4 heterocycles. The van der Waals surface area contributed by atoms with Gasteiger partial charge in [0.2, 0.25) is 11.6 Å². The summed E-state index contributed by atoms with van der Waals surface area (Å²) < 4.78 is 6.14. The average Bonchev–Trinajstić information content (AvgIpc) is 3.38. The molecule has 1 aromatic carbocycles. The van der Waals surface area contributed by atoms with Gasteiger partial charge in [0.25, 0.3) is 5.75 Å². The molecule has 0 saturated carbocycles. The highest BCUT2D eigenvalue weighted by Crippen LogP contribution is 2.46. The van der Waals surface area contributed by atoms with Gasteiger partial charge in [-0.25, -0.2) is 9.98 Å². The molecular formula is C25H25N3O4. The monoisotopic (exact) mass is 431 g/mol. The van der Waals surface area contributed by atoms with E-state index in [1.807, 2.05) is 19.1 Å². The molecule has 0 atom stereocenters. The van der Waals surface area contributed by atoms with E-state index in [2.05, 4.69) is 40.0 Å². The largest absolute Gasteiger partial charge is 0.501 e. The molecule has 3 aromatic rings. The van der Waals surface area contributed by atoms with Crippen LogP contribution in [0.4, 0.5) is 11.7 Å². The third-order valence-electron chi connectivity index (χ3n) is 5.80. The maximum absolute atomic E-state index is 10.9. The number of aromatic hydroxyl groups is 1. The van der Waals surface area contributed by atoms with Crippen LogP contribution in [-0.2, 0) is 24.3 Å². The van der Waals surface area contributed by atoms with Crippen molar-refractivity contribution in [3.8, 4) is 11.5 Å². The first-order valence-corrected chi connectivity index (χ1v) is 10.9. The van der Waals surface area contributed by atoms with Crippen LogP contribution < -0.4 is 9.79 Å². The van der Waals surface area contributed by atoms with Gasteiger partial charge >= 0.3 is 0 Å². The Kier molecular flexibility index (Phi) is 5.41. The number of furan rings is 1. The van der Waals surface area contributed by atoms with Crippen LogP contribution in [0.25, 0.3) is 11.6 Å². The molecule has 0 spiro atoms. The molecule has 5 rings (SSSR count). The maximum Gasteiger partial charge on any atom is 0.270 e. The van der Waals surface area contributed by atoms with Crippen molar-refractivity contribution >= 4 is 29.6 Å². The first-order valence-electron chi connectivity index (χ1n) is 10.9. The van der Waals surface area contributed by atoms with Crippen molar-refractivity contribution in [3.63, 3.8) is 0 Å². The van der Waals surface area contributed by atoms with Crippen molar-refractivity contribution in [2.24, 2.45) is 4.99 Å². The van der Waals surface area contributed by atoms with Crippen LogP contribution >= 0.6 is 0 Å². The van der Waals surface area contributed by atoms with E-state index < -0.39 is 0 Å². The summed E-state index contributed by atoms with van der Waals surface area (Å²) >= 11 is 0. The van der Waals surface area contributed by atoms with Crippen molar-refractivity contribution in [2.75, 3.05) is 18.1 Å². The summed E-state index contributed by atoms with van der Waals surface area (Å²) in [6.45, 7) is 5.73. The zero-order valence-electron chi connectivity index (χ0n) is 18.2. The molecule has 1 N–H and O–H groups in total. The zero-order chi connectivity index (χ0) is 22.1. The van der Waals surface area contributed by atoms with Crippen LogP contribution in [0.2, 0.25) is 0 Å². The summed E-state index contributed by atoms with van der Waals surface area (Å²) in [5.41, 5.74) is 5.60. The molecule has 2 aliphatic heterocycles. The van der Waals surface area contributed by atoms with Gasteiger partial charge in [-0.2, -0.15) is 4.89 Å². The summed E-state index contributed by atoms with van der Waals surface area (Å²) in [4.78, 5) is 21.3. The van der Waals surface area contributed by atoms with Crippen LogP contribution in [0, 0.1) is 0 Å². The van der Waals surface area contributed by atoms with Crippen LogP contribution in [0.3, 0.4) is 0 Å². The Morgan fingerprint density at radius 3 is 2.97 bits per heavy atom. The molecule has 2 aliphatic rings. The SMILES string of the molecule is CCOOc1c(N2CCc3ccc(CC)cc3C2)oc(/C=C2\C=Nc3ncccc32)c1O. The third kappa shape index (κ3) is 3.65. The quantitative estimate of drug-likeness (QED) is 0.432. The fourth-order valence-electron chi connectivity index (χ4n) is 4.10. The molecular weight excluding hydrogens is 406 g/mol. The molecule has 7 heteroatoms. The Hall–Kier alpha value is -3.58. The van der Waals surface area contributed by atoms with Crippen molar-refractivity contribution in [2.45, 2.75) is 33.2 Å². The number of allylic oxidation sites excluding steroid dienone is 1. The van der Waals surface area contributed by atoms with E-state index in [9.17, 15) is 5.11 Å². The second-order valence-electron chi connectivity index (χ2n) is 7.80. The number of benzene rings is 1. The standard InChI is InChI=1S/C25H25N3O4/c1-3-16-7-8-17-9-11-28(15-19(17)12-16)25-23(32-30-4-2)22(29)21(31-25)13-18-14-27-24-20(18)6-5-10-26-24/h5-8,10,12-14,29H,3-4,9,11,15H2,1-2H3/b18-13+. The van der Waals surface area contributed by atoms with Gasteiger partial charge in [-0.15, -0.1) is 0 Å². The second kappa shape index (κ2) is 8.51. The van der Waals surface area contributed by atoms with E-state index in [1.165, 1.54) is 16.7 Å². The van der Waals surface area contributed by atoms with Gasteiger partial charge in [-0.3, -0.25) is 0 Å². The molecule has 32 heavy (non-hydrogen) atoms. The maximum atomic E-state index is 10.9. The van der Waals surface area contributed by atoms with Gasteiger partial charge < -0.3 is 19.3 Å². The summed E-state index contributed by atoms with van der Waals surface area (Å²) in [6.07, 6.45) is 7.04. The Labute approximate surface area is 186 Å². The minimum atomic E-state index is -0.0974. The highest BCUT2D eigenvalue weighted by molar-refractivity contribution is 6.20. The molecule has 0 fully saturated rings. The number of fused-ring (bicyclic) bond motifs is 2. The van der Waals surface area contributed by atoms with E-state index in [4.69, 9.17) is 14.2 Å². The van der Waals surface area contributed by atoms with Crippen molar-refractivity contribution < 1.29 is 19.3 Å². The number of aliphatic imine (C=N–C) groups is 1. The fraction of sp³-hybridized carbons (Fsp3) is 0.280. The Balaban J connectivity index is 1.51. The molecule has 0 unspecified atom stereocenters. The number of rotatable bonds is 6. The molecule has 0 amide bonds. The number of pyridine rings is 1. The van der Waals surface area contributed by atoms with Crippen LogP contribution in [0.1, 0.15) is 41.9 Å². The van der Waals surface area contributed by atoms with Crippen LogP contribution in [-0.4, -0.2) is 29.5 Å². The molecule has 164 valence electrons. The van der Waals surface area contributed by atoms with Gasteiger partial charge in [0.15, 0.2) is 11.6 Å². The lowest BCUT2D eigenvalue weighted by atomic mass is 9.96. The summed E-state index contributed by atoms with van der Waals surface area (Å²) in [7, 11) is 0. The van der Waals surface area contributed by atoms with Crippen LogP contribution in [0.15, 0.2) is 45.9 Å². The zero-order valence-corrected chi connectivity index (χ0v) is 18.2. The number of aryl methyl sites for hydroxylation is 1. The highest BCUT2D eigenvalue weighted by atomic mass is 17.2. The number of hydrogen-bond donors (Lipinski definition) is 1. The van der Waals surface area contributed by atoms with E-state index in [-0.39, 0.29) is 11.5 Å². The minimum Gasteiger partial charge on any atom is -0.501 e. The molecule has 0 radical (unpaired) electrons. The Morgan fingerprint density at radius 2 is 2.12 bits per heavy atom. The first-order chi connectivity index (χ1) is 15.7. The molecule has 2 aromatic heterocycles. The normalized spacial score (nSPS) is 15.8. The van der Waals surface area contributed by atoms with Gasteiger partial charge in [-0.05, 0) is 54.7 Å². The number of hydrogen-bond acceptors (Lipinski definition) is 7. The third-order valence-corrected chi connectivity index (χ3v) is 5.80. The molecule has 0 bridgehead atoms. The highest BCUT2D eigenvalue weighted by Gasteiger charge is 2.29. The number of anilines is 1. The van der Waals surface area contributed by atoms with Crippen molar-refractivity contribution in [1.29, 1.82) is 0 Å². The lowest BCUT2D eigenvalue weighted by Crippen LogP contribution is -2.30. The van der Waals surface area contributed by atoms with Crippen molar-refractivity contribution in [3.05, 3.63) is 64.5 Å². The number of aromatic nitrogens is 1. The van der Waals surface area contributed by atoms with E-state index >= 15 is 0 Å². The lowest BCUT2D eigenvalue weighted by molar-refractivity contribution is -0.202. The predicted molar refractivity (Wildman–Crippen MR) is 123 cm³/mol. The van der Waals surface area contributed by atoms with Gasteiger partial charge in [0, 0.05) is 36.6 Å². The smallest absolute Gasteiger partial charge is 0.270 e. The lowest BCUT2D eigenvalue weighted by Gasteiger charge is -2.29. The van der Waals surface area contributed by atoms with E-state index in [0.717, 1.165) is 30.5 Å². The Bertz CT molecular complexity index is 1210. The predicted octanol–water partition coefficient (Wildman–Crippen LogP) is 5.09. The fourth-order valence-corrected chi connectivity index (χ4v) is 4.10. The van der Waals surface area contributed by atoms with Gasteiger partial charge in [0.1, 0.15) is 0 Å². The topological polar surface area (TPSA) is 80.3 Å². The first kappa shape index (κ1) is 20.3. The van der Waals surface area contributed by atoms with Gasteiger partial charge in [-0.1, -0.05) is 25.1 Å². The molecule has 0 aliphatic carbocycles. The summed E-state index contributed by atoms with van der Waals surface area (Å²) in [5, 5.41) is 10.9.